The van der Waals surface area contributed by atoms with E-state index < -0.39 is 0 Å². The Morgan fingerprint density at radius 1 is 1.60 bits per heavy atom. The van der Waals surface area contributed by atoms with Crippen molar-refractivity contribution in [2.24, 2.45) is 0 Å². The van der Waals surface area contributed by atoms with Crippen molar-refractivity contribution in [3.05, 3.63) is 18.5 Å². The molecule has 0 amide bonds. The maximum Gasteiger partial charge on any atom is 0.141 e. The number of hydrogen-bond acceptors (Lipinski definition) is 3. The molecule has 0 spiro atoms. The van der Waals surface area contributed by atoms with Crippen LogP contribution < -0.4 is 4.74 Å². The standard InChI is InChI=1S/C7H9NO2/c1-2-10-7-3-6(9)4-8-5-7/h3-5,9H,2H2,1H3. The summed E-state index contributed by atoms with van der Waals surface area (Å²) in [4.78, 5) is 3.73. The van der Waals surface area contributed by atoms with E-state index >= 15 is 0 Å². The van der Waals surface area contributed by atoms with Gasteiger partial charge in [-0.15, -0.1) is 0 Å². The Morgan fingerprint density at radius 2 is 2.40 bits per heavy atom. The average molecular weight is 139 g/mol. The first-order valence-electron chi connectivity index (χ1n) is 3.09. The molecule has 0 atom stereocenters. The van der Waals surface area contributed by atoms with Crippen molar-refractivity contribution in [2.75, 3.05) is 6.61 Å². The van der Waals surface area contributed by atoms with E-state index in [1.807, 2.05) is 6.92 Å². The van der Waals surface area contributed by atoms with Gasteiger partial charge in [-0.1, -0.05) is 0 Å². The molecular formula is C7H9NO2. The van der Waals surface area contributed by atoms with Gasteiger partial charge in [-0.2, -0.15) is 0 Å². The van der Waals surface area contributed by atoms with Crippen LogP contribution in [0.2, 0.25) is 0 Å². The lowest BCUT2D eigenvalue weighted by atomic mass is 10.4. The number of rotatable bonds is 2. The van der Waals surface area contributed by atoms with Gasteiger partial charge in [0.25, 0.3) is 0 Å². The van der Waals surface area contributed by atoms with Crippen molar-refractivity contribution in [1.29, 1.82) is 0 Å². The molecule has 1 aromatic heterocycles. The molecule has 0 aliphatic carbocycles. The van der Waals surface area contributed by atoms with E-state index in [0.29, 0.717) is 12.4 Å². The quantitative estimate of drug-likeness (QED) is 0.669. The summed E-state index contributed by atoms with van der Waals surface area (Å²) in [6, 6.07) is 1.52. The first kappa shape index (κ1) is 6.86. The number of nitrogens with zero attached hydrogens (tertiary/aromatic N) is 1. The van der Waals surface area contributed by atoms with Crippen LogP contribution in [0, 0.1) is 0 Å². The number of hydrogen-bond donors (Lipinski definition) is 1. The lowest BCUT2D eigenvalue weighted by molar-refractivity contribution is 0.336. The van der Waals surface area contributed by atoms with Crippen LogP contribution in [0.1, 0.15) is 6.92 Å². The second kappa shape index (κ2) is 3.06. The summed E-state index contributed by atoms with van der Waals surface area (Å²) in [5.41, 5.74) is 0. The smallest absolute Gasteiger partial charge is 0.141 e. The topological polar surface area (TPSA) is 42.4 Å². The monoisotopic (exact) mass is 139 g/mol. The third-order valence-corrected chi connectivity index (χ3v) is 1.01. The fourth-order valence-electron chi connectivity index (χ4n) is 0.653. The van der Waals surface area contributed by atoms with Gasteiger partial charge in [0.05, 0.1) is 19.0 Å². The van der Waals surface area contributed by atoms with Crippen molar-refractivity contribution in [2.45, 2.75) is 6.92 Å². The number of pyridine rings is 1. The largest absolute Gasteiger partial charge is 0.506 e. The molecule has 54 valence electrons. The maximum absolute atomic E-state index is 8.90. The van der Waals surface area contributed by atoms with Crippen molar-refractivity contribution >= 4 is 0 Å². The highest BCUT2D eigenvalue weighted by atomic mass is 16.5. The summed E-state index contributed by atoms with van der Waals surface area (Å²) in [7, 11) is 0. The molecule has 1 N–H and O–H groups in total. The van der Waals surface area contributed by atoms with Crippen LogP contribution in [0.25, 0.3) is 0 Å². The minimum absolute atomic E-state index is 0.131. The van der Waals surface area contributed by atoms with Crippen LogP contribution in [-0.4, -0.2) is 16.7 Å². The number of aromatic hydroxyl groups is 1. The zero-order valence-electron chi connectivity index (χ0n) is 5.74. The van der Waals surface area contributed by atoms with Crippen LogP contribution in [0.4, 0.5) is 0 Å². The Balaban J connectivity index is 2.75. The molecule has 10 heavy (non-hydrogen) atoms. The predicted octanol–water partition coefficient (Wildman–Crippen LogP) is 1.19. The third kappa shape index (κ3) is 1.62. The highest BCUT2D eigenvalue weighted by Gasteiger charge is 1.92. The van der Waals surface area contributed by atoms with Gasteiger partial charge in [0, 0.05) is 6.07 Å². The van der Waals surface area contributed by atoms with E-state index in [9.17, 15) is 0 Å². The van der Waals surface area contributed by atoms with Crippen LogP contribution in [-0.2, 0) is 0 Å². The third-order valence-electron chi connectivity index (χ3n) is 1.01. The van der Waals surface area contributed by atoms with Crippen molar-refractivity contribution in [3.8, 4) is 11.5 Å². The van der Waals surface area contributed by atoms with Gasteiger partial charge < -0.3 is 9.84 Å². The first-order valence-corrected chi connectivity index (χ1v) is 3.09. The van der Waals surface area contributed by atoms with Gasteiger partial charge >= 0.3 is 0 Å². The molecule has 0 bridgehead atoms. The Bertz CT molecular complexity index is 213. The summed E-state index contributed by atoms with van der Waals surface area (Å²) < 4.78 is 5.06. The molecule has 0 aromatic carbocycles. The van der Waals surface area contributed by atoms with E-state index in [2.05, 4.69) is 4.98 Å². The Labute approximate surface area is 59.3 Å². The molecular weight excluding hydrogens is 130 g/mol. The fourth-order valence-corrected chi connectivity index (χ4v) is 0.653. The lowest BCUT2D eigenvalue weighted by Gasteiger charge is -2.00. The van der Waals surface area contributed by atoms with E-state index in [-0.39, 0.29) is 5.75 Å². The molecule has 1 heterocycles. The van der Waals surface area contributed by atoms with Gasteiger partial charge in [0.15, 0.2) is 0 Å². The van der Waals surface area contributed by atoms with Crippen LogP contribution in [0.3, 0.4) is 0 Å². The summed E-state index contributed by atoms with van der Waals surface area (Å²) in [6.07, 6.45) is 2.92. The first-order chi connectivity index (χ1) is 4.83. The molecule has 3 heteroatoms. The SMILES string of the molecule is CCOc1cncc(O)c1. The van der Waals surface area contributed by atoms with Gasteiger partial charge in [-0.25, -0.2) is 0 Å². The Kier molecular flexibility index (Phi) is 2.10. The normalized spacial score (nSPS) is 9.30. The molecule has 1 aromatic rings. The molecule has 1 rings (SSSR count). The number of aromatic nitrogens is 1. The zero-order chi connectivity index (χ0) is 7.40. The second-order valence-electron chi connectivity index (χ2n) is 1.81. The summed E-state index contributed by atoms with van der Waals surface area (Å²) in [5, 5.41) is 8.90. The average Bonchev–Trinajstić information content (AvgIpc) is 1.88. The van der Waals surface area contributed by atoms with Crippen molar-refractivity contribution in [3.63, 3.8) is 0 Å². The molecule has 0 aliphatic rings. The van der Waals surface area contributed by atoms with Gasteiger partial charge in [-0.05, 0) is 6.92 Å². The summed E-state index contributed by atoms with van der Waals surface area (Å²) >= 11 is 0. The Hall–Kier alpha value is -1.25. The lowest BCUT2D eigenvalue weighted by Crippen LogP contribution is -1.90. The van der Waals surface area contributed by atoms with Gasteiger partial charge in [0.2, 0.25) is 0 Å². The van der Waals surface area contributed by atoms with Crippen LogP contribution >= 0.6 is 0 Å². The van der Waals surface area contributed by atoms with Gasteiger partial charge in [-0.3, -0.25) is 4.98 Å². The van der Waals surface area contributed by atoms with Gasteiger partial charge in [0.1, 0.15) is 11.5 Å². The molecule has 0 unspecified atom stereocenters. The molecule has 0 radical (unpaired) electrons. The summed E-state index contributed by atoms with van der Waals surface area (Å²) in [5.74, 6) is 0.730. The molecule has 3 nitrogen and oxygen atoms in total. The minimum Gasteiger partial charge on any atom is -0.506 e. The summed E-state index contributed by atoms with van der Waals surface area (Å²) in [6.45, 7) is 2.47. The van der Waals surface area contributed by atoms with E-state index in [1.54, 1.807) is 6.20 Å². The van der Waals surface area contributed by atoms with E-state index in [1.165, 1.54) is 12.3 Å². The maximum atomic E-state index is 8.90. The van der Waals surface area contributed by atoms with E-state index in [0.717, 1.165) is 0 Å². The van der Waals surface area contributed by atoms with Crippen LogP contribution in [0.5, 0.6) is 11.5 Å². The Morgan fingerprint density at radius 3 is 3.00 bits per heavy atom. The van der Waals surface area contributed by atoms with E-state index in [4.69, 9.17) is 9.84 Å². The minimum atomic E-state index is 0.131. The van der Waals surface area contributed by atoms with Crippen molar-refractivity contribution < 1.29 is 9.84 Å². The molecule has 0 aliphatic heterocycles. The number of ether oxygens (including phenoxy) is 1. The second-order valence-corrected chi connectivity index (χ2v) is 1.81. The predicted molar refractivity (Wildman–Crippen MR) is 37.1 cm³/mol. The fraction of sp³-hybridized carbons (Fsp3) is 0.286. The molecule has 0 fully saturated rings. The van der Waals surface area contributed by atoms with Crippen molar-refractivity contribution in [1.82, 2.24) is 4.98 Å². The van der Waals surface area contributed by atoms with Crippen LogP contribution in [0.15, 0.2) is 18.5 Å². The highest BCUT2D eigenvalue weighted by molar-refractivity contribution is 5.26. The zero-order valence-corrected chi connectivity index (χ0v) is 5.74. The molecule has 0 saturated carbocycles. The highest BCUT2D eigenvalue weighted by Crippen LogP contribution is 2.14. The molecule has 0 saturated heterocycles.